The predicted octanol–water partition coefficient (Wildman–Crippen LogP) is 7.05. The van der Waals surface area contributed by atoms with Gasteiger partial charge in [0.25, 0.3) is 5.91 Å². The zero-order chi connectivity index (χ0) is 28.6. The minimum atomic E-state index is -4.40. The molecule has 0 aliphatic rings. The van der Waals surface area contributed by atoms with E-state index in [0.717, 1.165) is 42.7 Å². The van der Waals surface area contributed by atoms with Crippen molar-refractivity contribution in [3.63, 3.8) is 0 Å². The summed E-state index contributed by atoms with van der Waals surface area (Å²) >= 11 is 1.49. The lowest BCUT2D eigenvalue weighted by Crippen LogP contribution is -2.22. The number of thioether (sulfide) groups is 1. The molecule has 0 saturated carbocycles. The van der Waals surface area contributed by atoms with Gasteiger partial charge in [-0.15, -0.1) is 11.8 Å². The van der Waals surface area contributed by atoms with Crippen molar-refractivity contribution in [1.82, 2.24) is 14.7 Å². The van der Waals surface area contributed by atoms with Gasteiger partial charge in [0.05, 0.1) is 30.7 Å². The molecule has 1 atom stereocenters. The quantitative estimate of drug-likeness (QED) is 0.165. The molecular formula is C29H36F3N3O3S. The lowest BCUT2D eigenvalue weighted by Gasteiger charge is -2.14. The maximum Gasteiger partial charge on any atom is 0.416 e. The summed E-state index contributed by atoms with van der Waals surface area (Å²) in [5.74, 6) is 0.444. The summed E-state index contributed by atoms with van der Waals surface area (Å²) in [7, 11) is 3.28. The molecule has 1 aromatic heterocycles. The van der Waals surface area contributed by atoms with Gasteiger partial charge in [0, 0.05) is 30.1 Å². The van der Waals surface area contributed by atoms with Crippen molar-refractivity contribution in [3.05, 3.63) is 59.3 Å². The number of ether oxygens (including phenoxy) is 1. The molecule has 1 unspecified atom stereocenters. The Hall–Kier alpha value is -3.01. The fraction of sp³-hybridized carbons (Fsp3) is 0.483. The van der Waals surface area contributed by atoms with E-state index in [-0.39, 0.29) is 30.5 Å². The molecule has 10 heteroatoms. The standard InChI is InChI=1S/C29H36F3N3O3S/c1-5-7-8-20(6-2)19-38-26(36)15-16-39-23-13-14-25-24(17-23)27(28(37)34(3)4)33-35(25)18-21-9-11-22(12-10-21)29(30,31)32/h9-14,17,20H,5-8,15-16,18-19H2,1-4H3. The zero-order valence-corrected chi connectivity index (χ0v) is 23.7. The fourth-order valence-corrected chi connectivity index (χ4v) is 5.01. The fourth-order valence-electron chi connectivity index (χ4n) is 4.14. The summed E-state index contributed by atoms with van der Waals surface area (Å²) in [5.41, 5.74) is 0.878. The van der Waals surface area contributed by atoms with Crippen molar-refractivity contribution < 1.29 is 27.5 Å². The number of benzene rings is 2. The summed E-state index contributed by atoms with van der Waals surface area (Å²) < 4.78 is 45.9. The van der Waals surface area contributed by atoms with Crippen LogP contribution in [0.15, 0.2) is 47.4 Å². The smallest absolute Gasteiger partial charge is 0.416 e. The van der Waals surface area contributed by atoms with Crippen LogP contribution in [0.1, 0.15) is 67.6 Å². The number of nitrogens with zero attached hydrogens (tertiary/aromatic N) is 3. The molecule has 39 heavy (non-hydrogen) atoms. The van der Waals surface area contributed by atoms with Gasteiger partial charge in [-0.3, -0.25) is 14.3 Å². The number of aromatic nitrogens is 2. The molecule has 0 saturated heterocycles. The minimum Gasteiger partial charge on any atom is -0.465 e. The van der Waals surface area contributed by atoms with Crippen molar-refractivity contribution in [2.75, 3.05) is 26.5 Å². The third-order valence-corrected chi connectivity index (χ3v) is 7.54. The van der Waals surface area contributed by atoms with E-state index in [0.29, 0.717) is 34.7 Å². The van der Waals surface area contributed by atoms with Crippen LogP contribution in [-0.4, -0.2) is 53.0 Å². The average Bonchev–Trinajstić information content (AvgIpc) is 3.25. The second-order valence-corrected chi connectivity index (χ2v) is 10.9. The first kappa shape index (κ1) is 30.5. The number of alkyl halides is 3. The molecule has 0 N–H and O–H groups in total. The van der Waals surface area contributed by atoms with Crippen LogP contribution in [0.3, 0.4) is 0 Å². The van der Waals surface area contributed by atoms with Crippen LogP contribution >= 0.6 is 11.8 Å². The molecule has 0 radical (unpaired) electrons. The molecule has 0 aliphatic carbocycles. The number of amides is 1. The summed E-state index contributed by atoms with van der Waals surface area (Å²) in [6, 6.07) is 10.5. The van der Waals surface area contributed by atoms with E-state index in [1.165, 1.54) is 28.8 Å². The number of fused-ring (bicyclic) bond motifs is 1. The second kappa shape index (κ2) is 13.9. The Kier molecular flexibility index (Phi) is 10.9. The van der Waals surface area contributed by atoms with Gasteiger partial charge in [-0.1, -0.05) is 45.2 Å². The number of halogens is 3. The number of carbonyl (C=O) groups is 2. The lowest BCUT2D eigenvalue weighted by atomic mass is 10.0. The number of hydrogen-bond acceptors (Lipinski definition) is 5. The average molecular weight is 564 g/mol. The normalized spacial score (nSPS) is 12.5. The second-order valence-electron chi connectivity index (χ2n) is 9.78. The first-order valence-electron chi connectivity index (χ1n) is 13.2. The van der Waals surface area contributed by atoms with Crippen LogP contribution in [0.2, 0.25) is 0 Å². The van der Waals surface area contributed by atoms with Gasteiger partial charge in [0.1, 0.15) is 0 Å². The van der Waals surface area contributed by atoms with E-state index in [9.17, 15) is 22.8 Å². The van der Waals surface area contributed by atoms with Crippen LogP contribution in [0.4, 0.5) is 13.2 Å². The minimum absolute atomic E-state index is 0.213. The van der Waals surface area contributed by atoms with Gasteiger partial charge in [0.2, 0.25) is 0 Å². The number of carbonyl (C=O) groups excluding carboxylic acids is 2. The van der Waals surface area contributed by atoms with Crippen molar-refractivity contribution in [2.24, 2.45) is 5.92 Å². The summed E-state index contributed by atoms with van der Waals surface area (Å²) in [6.45, 7) is 4.93. The topological polar surface area (TPSA) is 64.4 Å². The third-order valence-electron chi connectivity index (χ3n) is 6.54. The first-order valence-corrected chi connectivity index (χ1v) is 14.2. The van der Waals surface area contributed by atoms with Crippen LogP contribution < -0.4 is 0 Å². The Morgan fingerprint density at radius 2 is 1.82 bits per heavy atom. The highest BCUT2D eigenvalue weighted by molar-refractivity contribution is 7.99. The summed E-state index contributed by atoms with van der Waals surface area (Å²) in [4.78, 5) is 27.4. The maximum atomic E-state index is 12.9. The lowest BCUT2D eigenvalue weighted by molar-refractivity contribution is -0.144. The zero-order valence-electron chi connectivity index (χ0n) is 22.9. The molecule has 212 valence electrons. The Morgan fingerprint density at radius 1 is 1.10 bits per heavy atom. The van der Waals surface area contributed by atoms with Gasteiger partial charge >= 0.3 is 12.1 Å². The van der Waals surface area contributed by atoms with E-state index in [4.69, 9.17) is 4.74 Å². The van der Waals surface area contributed by atoms with Crippen LogP contribution in [0.5, 0.6) is 0 Å². The number of unbranched alkanes of at least 4 members (excludes halogenated alkanes) is 1. The van der Waals surface area contributed by atoms with Crippen LogP contribution in [-0.2, 0) is 22.3 Å². The molecule has 0 spiro atoms. The Bertz CT molecular complexity index is 1260. The first-order chi connectivity index (χ1) is 18.5. The van der Waals surface area contributed by atoms with Crippen LogP contribution in [0, 0.1) is 5.92 Å². The van der Waals surface area contributed by atoms with Gasteiger partial charge in [-0.2, -0.15) is 18.3 Å². The molecule has 0 fully saturated rings. The van der Waals surface area contributed by atoms with E-state index >= 15 is 0 Å². The molecule has 0 aliphatic heterocycles. The van der Waals surface area contributed by atoms with Crippen LogP contribution in [0.25, 0.3) is 10.9 Å². The molecule has 6 nitrogen and oxygen atoms in total. The number of hydrogen-bond donors (Lipinski definition) is 0. The van der Waals surface area contributed by atoms with Crippen molar-refractivity contribution >= 4 is 34.5 Å². The van der Waals surface area contributed by atoms with Crippen molar-refractivity contribution in [1.29, 1.82) is 0 Å². The highest BCUT2D eigenvalue weighted by atomic mass is 32.2. The molecular weight excluding hydrogens is 527 g/mol. The van der Waals surface area contributed by atoms with Crippen molar-refractivity contribution in [2.45, 2.75) is 63.6 Å². The van der Waals surface area contributed by atoms with Gasteiger partial charge < -0.3 is 9.64 Å². The van der Waals surface area contributed by atoms with E-state index < -0.39 is 11.7 Å². The molecule has 3 rings (SSSR count). The SMILES string of the molecule is CCCCC(CC)COC(=O)CCSc1ccc2c(c1)c(C(=O)N(C)C)nn2Cc1ccc(C(F)(F)F)cc1. The molecule has 0 bridgehead atoms. The maximum absolute atomic E-state index is 12.9. The number of esters is 1. The highest BCUT2D eigenvalue weighted by Crippen LogP contribution is 2.30. The third kappa shape index (κ3) is 8.49. The van der Waals surface area contributed by atoms with Crippen molar-refractivity contribution in [3.8, 4) is 0 Å². The Morgan fingerprint density at radius 3 is 2.44 bits per heavy atom. The Balaban J connectivity index is 1.71. The summed E-state index contributed by atoms with van der Waals surface area (Å²) in [5, 5.41) is 5.16. The van der Waals surface area contributed by atoms with E-state index in [1.54, 1.807) is 18.8 Å². The molecule has 3 aromatic rings. The largest absolute Gasteiger partial charge is 0.465 e. The van der Waals surface area contributed by atoms with Gasteiger partial charge in [-0.25, -0.2) is 0 Å². The van der Waals surface area contributed by atoms with E-state index in [2.05, 4.69) is 18.9 Å². The summed E-state index contributed by atoms with van der Waals surface area (Å²) in [6.07, 6.45) is 0.191. The van der Waals surface area contributed by atoms with Gasteiger partial charge in [0.15, 0.2) is 5.69 Å². The molecule has 1 amide bonds. The Labute approximate surface area is 231 Å². The number of rotatable bonds is 13. The monoisotopic (exact) mass is 563 g/mol. The molecule has 1 heterocycles. The van der Waals surface area contributed by atoms with E-state index in [1.807, 2.05) is 18.2 Å². The van der Waals surface area contributed by atoms with Gasteiger partial charge in [-0.05, 0) is 48.2 Å². The predicted molar refractivity (Wildman–Crippen MR) is 148 cm³/mol. The highest BCUT2D eigenvalue weighted by Gasteiger charge is 2.30. The molecule has 2 aromatic carbocycles.